The second-order valence-corrected chi connectivity index (χ2v) is 6.90. The van der Waals surface area contributed by atoms with Crippen LogP contribution in [-0.4, -0.2) is 18.1 Å². The molecular formula is C15H20ClN3S. The summed E-state index contributed by atoms with van der Waals surface area (Å²) in [5.74, 6) is 0. The van der Waals surface area contributed by atoms with Crippen molar-refractivity contribution in [2.45, 2.75) is 33.0 Å². The van der Waals surface area contributed by atoms with E-state index in [2.05, 4.69) is 48.2 Å². The van der Waals surface area contributed by atoms with Gasteiger partial charge in [-0.2, -0.15) is 0 Å². The second-order valence-electron chi connectivity index (χ2n) is 5.10. The zero-order valence-corrected chi connectivity index (χ0v) is 13.6. The van der Waals surface area contributed by atoms with Gasteiger partial charge in [-0.05, 0) is 18.2 Å². The molecule has 0 atom stereocenters. The van der Waals surface area contributed by atoms with Crippen LogP contribution < -0.4 is 10.2 Å². The molecule has 108 valence electrons. The Morgan fingerprint density at radius 3 is 2.80 bits per heavy atom. The lowest BCUT2D eigenvalue weighted by Crippen LogP contribution is -2.24. The number of anilines is 1. The first-order chi connectivity index (χ1) is 9.56. The van der Waals surface area contributed by atoms with Crippen LogP contribution in [0.4, 0.5) is 5.69 Å². The Morgan fingerprint density at radius 1 is 1.35 bits per heavy atom. The Morgan fingerprint density at radius 2 is 2.15 bits per heavy atom. The normalized spacial score (nSPS) is 11.1. The van der Waals surface area contributed by atoms with Crippen molar-refractivity contribution in [3.05, 3.63) is 45.4 Å². The minimum Gasteiger partial charge on any atom is -0.369 e. The van der Waals surface area contributed by atoms with E-state index in [0.29, 0.717) is 6.04 Å². The highest BCUT2D eigenvalue weighted by Crippen LogP contribution is 2.25. The summed E-state index contributed by atoms with van der Waals surface area (Å²) in [6, 6.07) is 6.55. The highest BCUT2D eigenvalue weighted by Gasteiger charge is 2.09. The van der Waals surface area contributed by atoms with E-state index < -0.39 is 0 Å². The molecule has 0 aliphatic carbocycles. The van der Waals surface area contributed by atoms with Gasteiger partial charge in [0.1, 0.15) is 0 Å². The first-order valence-corrected chi connectivity index (χ1v) is 7.87. The molecule has 2 heterocycles. The summed E-state index contributed by atoms with van der Waals surface area (Å²) in [4.78, 5) is 7.73. The first-order valence-electron chi connectivity index (χ1n) is 6.68. The van der Waals surface area contributed by atoms with Gasteiger partial charge in [-0.15, -0.1) is 11.3 Å². The van der Waals surface area contributed by atoms with E-state index in [1.54, 1.807) is 11.3 Å². The highest BCUT2D eigenvalue weighted by atomic mass is 35.5. The molecule has 0 saturated carbocycles. The van der Waals surface area contributed by atoms with Crippen LogP contribution in [0.15, 0.2) is 30.6 Å². The number of rotatable bonds is 6. The molecule has 0 radical (unpaired) electrons. The van der Waals surface area contributed by atoms with Crippen LogP contribution >= 0.6 is 22.9 Å². The molecule has 5 heteroatoms. The van der Waals surface area contributed by atoms with Gasteiger partial charge < -0.3 is 10.2 Å². The van der Waals surface area contributed by atoms with Gasteiger partial charge in [0.05, 0.1) is 10.9 Å². The summed E-state index contributed by atoms with van der Waals surface area (Å²) < 4.78 is 0.838. The largest absolute Gasteiger partial charge is 0.369 e. The van der Waals surface area contributed by atoms with Gasteiger partial charge in [-0.3, -0.25) is 4.98 Å². The molecule has 3 nitrogen and oxygen atoms in total. The predicted molar refractivity (Wildman–Crippen MR) is 87.6 cm³/mol. The molecule has 0 spiro atoms. The minimum atomic E-state index is 0.462. The average Bonchev–Trinajstić information content (AvgIpc) is 2.82. The fourth-order valence-electron chi connectivity index (χ4n) is 2.00. The Bertz CT molecular complexity index is 554. The zero-order valence-electron chi connectivity index (χ0n) is 12.1. The quantitative estimate of drug-likeness (QED) is 0.876. The van der Waals surface area contributed by atoms with Crippen LogP contribution in [0.3, 0.4) is 0 Å². The summed E-state index contributed by atoms with van der Waals surface area (Å²) in [5, 5.41) is 3.44. The van der Waals surface area contributed by atoms with E-state index in [4.69, 9.17) is 11.6 Å². The zero-order chi connectivity index (χ0) is 14.5. The molecule has 0 saturated heterocycles. The molecule has 2 aromatic rings. The fraction of sp³-hybridized carbons (Fsp3) is 0.400. The van der Waals surface area contributed by atoms with Gasteiger partial charge >= 0.3 is 0 Å². The lowest BCUT2D eigenvalue weighted by atomic mass is 10.2. The molecule has 0 aromatic carbocycles. The third-order valence-electron chi connectivity index (χ3n) is 3.01. The lowest BCUT2D eigenvalue weighted by Gasteiger charge is -2.22. The molecule has 0 aliphatic heterocycles. The summed E-state index contributed by atoms with van der Waals surface area (Å²) >= 11 is 7.61. The third kappa shape index (κ3) is 4.20. The monoisotopic (exact) mass is 309 g/mol. The molecule has 0 aliphatic rings. The molecule has 2 aromatic heterocycles. The number of nitrogens with one attached hydrogen (secondary N) is 1. The molecule has 0 bridgehead atoms. The van der Waals surface area contributed by atoms with Crippen molar-refractivity contribution in [2.24, 2.45) is 0 Å². The van der Waals surface area contributed by atoms with E-state index in [-0.39, 0.29) is 0 Å². The van der Waals surface area contributed by atoms with Crippen LogP contribution in [0, 0.1) is 0 Å². The van der Waals surface area contributed by atoms with E-state index in [1.165, 1.54) is 16.1 Å². The maximum atomic E-state index is 5.99. The Hall–Kier alpha value is -1.10. The van der Waals surface area contributed by atoms with Crippen molar-refractivity contribution in [1.82, 2.24) is 10.3 Å². The summed E-state index contributed by atoms with van der Waals surface area (Å²) in [5.41, 5.74) is 2.42. The predicted octanol–water partition coefficient (Wildman–Crippen LogP) is 3.93. The standard InChI is InChI=1S/C15H20ClN3S/c1-11(2)18-9-12-8-17-7-6-14(12)19(3)10-13-4-5-15(16)20-13/h4-8,11,18H,9-10H2,1-3H3. The number of hydrogen-bond donors (Lipinski definition) is 1. The number of hydrogen-bond acceptors (Lipinski definition) is 4. The van der Waals surface area contributed by atoms with Crippen LogP contribution in [0.25, 0.3) is 0 Å². The van der Waals surface area contributed by atoms with Crippen molar-refractivity contribution in [1.29, 1.82) is 0 Å². The Kier molecular flexibility index (Phi) is 5.40. The van der Waals surface area contributed by atoms with Gasteiger partial charge in [0.15, 0.2) is 0 Å². The van der Waals surface area contributed by atoms with Crippen LogP contribution in [0.1, 0.15) is 24.3 Å². The molecule has 0 amide bonds. The molecule has 0 unspecified atom stereocenters. The summed E-state index contributed by atoms with van der Waals surface area (Å²) in [7, 11) is 2.10. The van der Waals surface area contributed by atoms with Crippen molar-refractivity contribution in [2.75, 3.05) is 11.9 Å². The highest BCUT2D eigenvalue weighted by molar-refractivity contribution is 7.16. The Labute approximate surface area is 129 Å². The molecule has 2 rings (SSSR count). The minimum absolute atomic E-state index is 0.462. The second kappa shape index (κ2) is 7.07. The maximum Gasteiger partial charge on any atom is 0.0931 e. The molecule has 1 N–H and O–H groups in total. The Balaban J connectivity index is 2.10. The number of thiophene rings is 1. The van der Waals surface area contributed by atoms with Crippen molar-refractivity contribution < 1.29 is 0 Å². The van der Waals surface area contributed by atoms with E-state index in [0.717, 1.165) is 17.4 Å². The number of pyridine rings is 1. The van der Waals surface area contributed by atoms with Gasteiger partial charge in [-0.25, -0.2) is 0 Å². The van der Waals surface area contributed by atoms with E-state index in [9.17, 15) is 0 Å². The van der Waals surface area contributed by atoms with Gasteiger partial charge in [0, 0.05) is 48.2 Å². The van der Waals surface area contributed by atoms with Crippen molar-refractivity contribution >= 4 is 28.6 Å². The van der Waals surface area contributed by atoms with Crippen molar-refractivity contribution in [3.8, 4) is 0 Å². The lowest BCUT2D eigenvalue weighted by molar-refractivity contribution is 0.587. The maximum absolute atomic E-state index is 5.99. The van der Waals surface area contributed by atoms with Crippen molar-refractivity contribution in [3.63, 3.8) is 0 Å². The van der Waals surface area contributed by atoms with Crippen LogP contribution in [0.5, 0.6) is 0 Å². The number of halogens is 1. The van der Waals surface area contributed by atoms with E-state index in [1.807, 2.05) is 18.5 Å². The average molecular weight is 310 g/mol. The fourth-order valence-corrected chi connectivity index (χ4v) is 3.14. The van der Waals surface area contributed by atoms with Gasteiger partial charge in [0.25, 0.3) is 0 Å². The smallest absolute Gasteiger partial charge is 0.0931 e. The topological polar surface area (TPSA) is 28.2 Å². The first kappa shape index (κ1) is 15.3. The third-order valence-corrected chi connectivity index (χ3v) is 4.23. The van der Waals surface area contributed by atoms with E-state index >= 15 is 0 Å². The van der Waals surface area contributed by atoms with Gasteiger partial charge in [0.2, 0.25) is 0 Å². The molecule has 0 fully saturated rings. The van der Waals surface area contributed by atoms with Crippen LogP contribution in [-0.2, 0) is 13.1 Å². The molecule has 20 heavy (non-hydrogen) atoms. The van der Waals surface area contributed by atoms with Gasteiger partial charge in [-0.1, -0.05) is 25.4 Å². The summed E-state index contributed by atoms with van der Waals surface area (Å²) in [6.45, 7) is 5.98. The number of aromatic nitrogens is 1. The number of nitrogens with zero attached hydrogens (tertiary/aromatic N) is 2. The molecular weight excluding hydrogens is 290 g/mol. The van der Waals surface area contributed by atoms with Crippen LogP contribution in [0.2, 0.25) is 4.34 Å². The SMILES string of the molecule is CC(C)NCc1cnccc1N(C)Cc1ccc(Cl)s1. The summed E-state index contributed by atoms with van der Waals surface area (Å²) in [6.07, 6.45) is 3.77.